The number of amides is 2. The fourth-order valence-electron chi connectivity index (χ4n) is 3.89. The highest BCUT2D eigenvalue weighted by molar-refractivity contribution is 5.97. The molecule has 2 heterocycles. The lowest BCUT2D eigenvalue weighted by atomic mass is 9.97. The van der Waals surface area contributed by atoms with Gasteiger partial charge in [0.05, 0.1) is 42.2 Å². The Morgan fingerprint density at radius 3 is 2.42 bits per heavy atom. The Morgan fingerprint density at radius 2 is 1.81 bits per heavy atom. The number of likely N-dealkylation sites (tertiary alicyclic amines) is 1. The second kappa shape index (κ2) is 10.2. The van der Waals surface area contributed by atoms with Crippen molar-refractivity contribution in [2.24, 2.45) is 5.92 Å². The second-order valence-electron chi connectivity index (χ2n) is 7.67. The average molecular weight is 427 g/mol. The quantitative estimate of drug-likeness (QED) is 0.635. The molecule has 0 N–H and O–H groups in total. The van der Waals surface area contributed by atoms with E-state index in [0.717, 1.165) is 11.4 Å². The molecular weight excluding hydrogens is 396 g/mol. The number of carbonyl (C=O) groups is 3. The molecular formula is C23H30N4O4. The van der Waals surface area contributed by atoms with Crippen LogP contribution in [0.1, 0.15) is 42.7 Å². The van der Waals surface area contributed by atoms with Crippen LogP contribution in [0, 0.1) is 5.92 Å². The van der Waals surface area contributed by atoms with Crippen molar-refractivity contribution < 1.29 is 19.1 Å². The molecule has 0 spiro atoms. The molecule has 0 aliphatic carbocycles. The number of ether oxygens (including phenoxy) is 1. The van der Waals surface area contributed by atoms with E-state index in [1.165, 1.54) is 4.90 Å². The number of piperidine rings is 1. The van der Waals surface area contributed by atoms with Gasteiger partial charge in [-0.2, -0.15) is 5.10 Å². The number of hydrogen-bond acceptors (Lipinski definition) is 5. The van der Waals surface area contributed by atoms with Crippen LogP contribution in [-0.2, 0) is 20.7 Å². The highest BCUT2D eigenvalue weighted by Gasteiger charge is 2.29. The summed E-state index contributed by atoms with van der Waals surface area (Å²) in [5, 5.41) is 4.40. The van der Waals surface area contributed by atoms with Crippen LogP contribution in [0.5, 0.6) is 0 Å². The van der Waals surface area contributed by atoms with Gasteiger partial charge in [0.15, 0.2) is 0 Å². The van der Waals surface area contributed by atoms with E-state index < -0.39 is 0 Å². The van der Waals surface area contributed by atoms with Crippen molar-refractivity contribution in [3.05, 3.63) is 47.8 Å². The van der Waals surface area contributed by atoms with Crippen LogP contribution in [0.2, 0.25) is 0 Å². The van der Waals surface area contributed by atoms with Gasteiger partial charge in [-0.15, -0.1) is 0 Å². The van der Waals surface area contributed by atoms with E-state index in [-0.39, 0.29) is 30.2 Å². The van der Waals surface area contributed by atoms with Crippen molar-refractivity contribution in [3.8, 4) is 5.69 Å². The lowest BCUT2D eigenvalue weighted by molar-refractivity contribution is -0.151. The van der Waals surface area contributed by atoms with Gasteiger partial charge in [0.2, 0.25) is 5.91 Å². The van der Waals surface area contributed by atoms with Crippen LogP contribution in [0.25, 0.3) is 5.69 Å². The SMILES string of the molecule is CCOC(=O)C1CCN(C(=O)CN(C)C(=O)c2cnn(-c3ccccc3)c2CC)CC1. The minimum atomic E-state index is -0.228. The fourth-order valence-corrected chi connectivity index (χ4v) is 3.89. The number of hydrogen-bond donors (Lipinski definition) is 0. The molecule has 0 bridgehead atoms. The maximum absolute atomic E-state index is 13.0. The number of benzene rings is 1. The van der Waals surface area contributed by atoms with Gasteiger partial charge >= 0.3 is 5.97 Å². The predicted octanol–water partition coefficient (Wildman–Crippen LogP) is 2.31. The molecule has 1 aromatic heterocycles. The summed E-state index contributed by atoms with van der Waals surface area (Å²) in [4.78, 5) is 40.8. The number of likely N-dealkylation sites (N-methyl/N-ethyl adjacent to an activating group) is 1. The lowest BCUT2D eigenvalue weighted by Crippen LogP contribution is -2.45. The van der Waals surface area contributed by atoms with Gasteiger partial charge in [0.1, 0.15) is 0 Å². The van der Waals surface area contributed by atoms with Gasteiger partial charge in [0.25, 0.3) is 5.91 Å². The number of nitrogens with zero attached hydrogens (tertiary/aromatic N) is 4. The van der Waals surface area contributed by atoms with Gasteiger partial charge in [-0.3, -0.25) is 14.4 Å². The molecule has 1 aromatic carbocycles. The largest absolute Gasteiger partial charge is 0.466 e. The van der Waals surface area contributed by atoms with E-state index in [0.29, 0.717) is 44.5 Å². The van der Waals surface area contributed by atoms with Crippen LogP contribution < -0.4 is 0 Å². The van der Waals surface area contributed by atoms with E-state index in [1.807, 2.05) is 37.3 Å². The maximum atomic E-state index is 13.0. The van der Waals surface area contributed by atoms with E-state index in [9.17, 15) is 14.4 Å². The third-order valence-corrected chi connectivity index (χ3v) is 5.62. The number of rotatable bonds is 7. The third-order valence-electron chi connectivity index (χ3n) is 5.62. The Morgan fingerprint density at radius 1 is 1.13 bits per heavy atom. The molecule has 0 atom stereocenters. The number of esters is 1. The van der Waals surface area contributed by atoms with Crippen LogP contribution >= 0.6 is 0 Å². The highest BCUT2D eigenvalue weighted by Crippen LogP contribution is 2.20. The zero-order valence-electron chi connectivity index (χ0n) is 18.4. The summed E-state index contributed by atoms with van der Waals surface area (Å²) in [7, 11) is 1.63. The molecule has 1 aliphatic rings. The summed E-state index contributed by atoms with van der Waals surface area (Å²) in [6.07, 6.45) is 3.39. The second-order valence-corrected chi connectivity index (χ2v) is 7.67. The number of para-hydroxylation sites is 1. The van der Waals surface area contributed by atoms with Crippen molar-refractivity contribution in [2.75, 3.05) is 33.3 Å². The van der Waals surface area contributed by atoms with Gasteiger partial charge in [-0.05, 0) is 38.3 Å². The molecule has 1 fully saturated rings. The van der Waals surface area contributed by atoms with Crippen LogP contribution in [0.15, 0.2) is 36.5 Å². The first-order chi connectivity index (χ1) is 15.0. The molecule has 0 radical (unpaired) electrons. The van der Waals surface area contributed by atoms with Crippen molar-refractivity contribution >= 4 is 17.8 Å². The Hall–Kier alpha value is -3.16. The Balaban J connectivity index is 1.62. The monoisotopic (exact) mass is 426 g/mol. The molecule has 0 unspecified atom stereocenters. The van der Waals surface area contributed by atoms with Gasteiger partial charge < -0.3 is 14.5 Å². The Bertz CT molecular complexity index is 917. The molecule has 8 heteroatoms. The molecule has 2 amide bonds. The van der Waals surface area contributed by atoms with E-state index in [4.69, 9.17) is 4.74 Å². The first-order valence-corrected chi connectivity index (χ1v) is 10.8. The summed E-state index contributed by atoms with van der Waals surface area (Å²) in [5.41, 5.74) is 2.20. The van der Waals surface area contributed by atoms with Gasteiger partial charge in [0, 0.05) is 20.1 Å². The molecule has 3 rings (SSSR count). The van der Waals surface area contributed by atoms with Gasteiger partial charge in [-0.25, -0.2) is 4.68 Å². The zero-order chi connectivity index (χ0) is 22.4. The van der Waals surface area contributed by atoms with Crippen LogP contribution in [0.4, 0.5) is 0 Å². The van der Waals surface area contributed by atoms with E-state index >= 15 is 0 Å². The average Bonchev–Trinajstić information content (AvgIpc) is 3.23. The minimum absolute atomic E-state index is 0.0113. The Kier molecular flexibility index (Phi) is 7.44. The smallest absolute Gasteiger partial charge is 0.309 e. The standard InChI is InChI=1S/C23H30N4O4/c1-4-20-19(15-24-27(20)18-9-7-6-8-10-18)22(29)25(3)16-21(28)26-13-11-17(12-14-26)23(30)31-5-2/h6-10,15,17H,4-5,11-14,16H2,1-3H3. The van der Waals surface area contributed by atoms with Crippen molar-refractivity contribution in [1.82, 2.24) is 19.6 Å². The summed E-state index contributed by atoms with van der Waals surface area (Å²) >= 11 is 0. The lowest BCUT2D eigenvalue weighted by Gasteiger charge is -2.32. The summed E-state index contributed by atoms with van der Waals surface area (Å²) in [6, 6.07) is 9.66. The van der Waals surface area contributed by atoms with Crippen molar-refractivity contribution in [2.45, 2.75) is 33.1 Å². The summed E-state index contributed by atoms with van der Waals surface area (Å²) in [6.45, 7) is 5.12. The van der Waals surface area contributed by atoms with Gasteiger partial charge in [-0.1, -0.05) is 25.1 Å². The topological polar surface area (TPSA) is 84.7 Å². The molecule has 166 valence electrons. The molecule has 8 nitrogen and oxygen atoms in total. The molecule has 0 saturated carbocycles. The van der Waals surface area contributed by atoms with Crippen LogP contribution in [-0.4, -0.2) is 70.7 Å². The first kappa shape index (κ1) is 22.5. The van der Waals surface area contributed by atoms with E-state index in [1.54, 1.807) is 29.7 Å². The minimum Gasteiger partial charge on any atom is -0.466 e. The van der Waals surface area contributed by atoms with Crippen molar-refractivity contribution in [1.29, 1.82) is 0 Å². The molecule has 1 aliphatic heterocycles. The highest BCUT2D eigenvalue weighted by atomic mass is 16.5. The molecule has 31 heavy (non-hydrogen) atoms. The summed E-state index contributed by atoms with van der Waals surface area (Å²) in [5.74, 6) is -0.691. The third kappa shape index (κ3) is 5.13. The first-order valence-electron chi connectivity index (χ1n) is 10.8. The zero-order valence-corrected chi connectivity index (χ0v) is 18.4. The Labute approximate surface area is 182 Å². The normalized spacial score (nSPS) is 14.4. The number of aromatic nitrogens is 2. The molecule has 2 aromatic rings. The maximum Gasteiger partial charge on any atom is 0.309 e. The van der Waals surface area contributed by atoms with E-state index in [2.05, 4.69) is 5.10 Å². The van der Waals surface area contributed by atoms with Crippen LogP contribution in [0.3, 0.4) is 0 Å². The summed E-state index contributed by atoms with van der Waals surface area (Å²) < 4.78 is 6.84. The van der Waals surface area contributed by atoms with Crippen molar-refractivity contribution in [3.63, 3.8) is 0 Å². The predicted molar refractivity (Wildman–Crippen MR) is 116 cm³/mol. The molecule has 1 saturated heterocycles. The number of carbonyl (C=O) groups excluding carboxylic acids is 3. The fraction of sp³-hybridized carbons (Fsp3) is 0.478.